The molecule has 1 fully saturated rings. The standard InChI is InChI=1S/C18H15N3O3S/c1-12-3-2-4-14(9-12)20-16(22)11-21-17(23)15(25-18(21)24)10-13-5-7-19-8-6-13/h2-10H,11H2,1H3,(H,20,22). The van der Waals surface area contributed by atoms with E-state index in [4.69, 9.17) is 0 Å². The third-order valence-electron chi connectivity index (χ3n) is 3.48. The van der Waals surface area contributed by atoms with Gasteiger partial charge in [0.05, 0.1) is 4.91 Å². The number of hydrogen-bond acceptors (Lipinski definition) is 5. The summed E-state index contributed by atoms with van der Waals surface area (Å²) in [6, 6.07) is 10.8. The first-order chi connectivity index (χ1) is 12.0. The van der Waals surface area contributed by atoms with Crippen LogP contribution in [-0.4, -0.2) is 33.5 Å². The van der Waals surface area contributed by atoms with Crippen molar-refractivity contribution in [2.75, 3.05) is 11.9 Å². The molecule has 0 saturated carbocycles. The van der Waals surface area contributed by atoms with Crippen molar-refractivity contribution in [1.29, 1.82) is 0 Å². The first-order valence-corrected chi connectivity index (χ1v) is 8.36. The molecule has 25 heavy (non-hydrogen) atoms. The lowest BCUT2D eigenvalue weighted by molar-refractivity contribution is -0.127. The van der Waals surface area contributed by atoms with Gasteiger partial charge in [0.1, 0.15) is 6.54 Å². The van der Waals surface area contributed by atoms with Crippen LogP contribution >= 0.6 is 11.8 Å². The summed E-state index contributed by atoms with van der Waals surface area (Å²) in [5.41, 5.74) is 2.40. The van der Waals surface area contributed by atoms with Gasteiger partial charge in [-0.1, -0.05) is 12.1 Å². The van der Waals surface area contributed by atoms with E-state index in [1.54, 1.807) is 36.7 Å². The maximum atomic E-state index is 12.4. The van der Waals surface area contributed by atoms with Crippen molar-refractivity contribution in [2.24, 2.45) is 0 Å². The van der Waals surface area contributed by atoms with Crippen LogP contribution in [0.2, 0.25) is 0 Å². The minimum absolute atomic E-state index is 0.291. The molecule has 1 saturated heterocycles. The quantitative estimate of drug-likeness (QED) is 0.855. The fourth-order valence-electron chi connectivity index (χ4n) is 2.31. The molecule has 0 unspecified atom stereocenters. The molecule has 0 radical (unpaired) electrons. The number of anilines is 1. The number of aryl methyl sites for hydroxylation is 1. The average molecular weight is 353 g/mol. The van der Waals surface area contributed by atoms with Crippen molar-refractivity contribution in [2.45, 2.75) is 6.92 Å². The summed E-state index contributed by atoms with van der Waals surface area (Å²) in [4.78, 5) is 41.7. The highest BCUT2D eigenvalue weighted by atomic mass is 32.2. The van der Waals surface area contributed by atoms with E-state index < -0.39 is 17.1 Å². The number of rotatable bonds is 4. The van der Waals surface area contributed by atoms with Gasteiger partial charge in [-0.3, -0.25) is 24.3 Å². The van der Waals surface area contributed by atoms with Crippen LogP contribution in [0.15, 0.2) is 53.7 Å². The lowest BCUT2D eigenvalue weighted by Crippen LogP contribution is -2.36. The Bertz CT molecular complexity index is 865. The lowest BCUT2D eigenvalue weighted by Gasteiger charge is -2.12. The third kappa shape index (κ3) is 4.13. The van der Waals surface area contributed by atoms with Gasteiger partial charge in [0.25, 0.3) is 11.1 Å². The summed E-state index contributed by atoms with van der Waals surface area (Å²) in [7, 11) is 0. The molecule has 3 rings (SSSR count). The van der Waals surface area contributed by atoms with Crippen LogP contribution in [0, 0.1) is 6.92 Å². The number of nitrogens with zero attached hydrogens (tertiary/aromatic N) is 2. The predicted molar refractivity (Wildman–Crippen MR) is 96.7 cm³/mol. The fraction of sp³-hybridized carbons (Fsp3) is 0.111. The van der Waals surface area contributed by atoms with Gasteiger partial charge < -0.3 is 5.32 Å². The molecule has 6 nitrogen and oxygen atoms in total. The number of benzene rings is 1. The SMILES string of the molecule is Cc1cccc(NC(=O)CN2C(=O)SC(=Cc3ccncc3)C2=O)c1. The van der Waals surface area contributed by atoms with Gasteiger partial charge in [0.2, 0.25) is 5.91 Å². The van der Waals surface area contributed by atoms with E-state index in [1.165, 1.54) is 0 Å². The average Bonchev–Trinajstić information content (AvgIpc) is 2.83. The molecule has 0 atom stereocenters. The molecule has 0 aliphatic carbocycles. The maximum absolute atomic E-state index is 12.4. The van der Waals surface area contributed by atoms with Gasteiger partial charge in [0.15, 0.2) is 0 Å². The van der Waals surface area contributed by atoms with Crippen molar-refractivity contribution in [3.8, 4) is 0 Å². The molecule has 1 aliphatic rings. The van der Waals surface area contributed by atoms with E-state index >= 15 is 0 Å². The minimum Gasteiger partial charge on any atom is -0.325 e. The summed E-state index contributed by atoms with van der Waals surface area (Å²) in [5.74, 6) is -0.885. The number of imide groups is 1. The third-order valence-corrected chi connectivity index (χ3v) is 4.39. The summed E-state index contributed by atoms with van der Waals surface area (Å²) in [5, 5.41) is 2.24. The highest BCUT2D eigenvalue weighted by Gasteiger charge is 2.36. The van der Waals surface area contributed by atoms with E-state index in [0.717, 1.165) is 27.8 Å². The zero-order chi connectivity index (χ0) is 17.8. The molecule has 1 aliphatic heterocycles. The zero-order valence-corrected chi connectivity index (χ0v) is 14.2. The molecule has 2 heterocycles. The van der Waals surface area contributed by atoms with Crippen LogP contribution in [0.5, 0.6) is 0 Å². The Morgan fingerprint density at radius 3 is 2.72 bits per heavy atom. The Morgan fingerprint density at radius 2 is 2.00 bits per heavy atom. The van der Waals surface area contributed by atoms with Gasteiger partial charge in [-0.05, 0) is 60.2 Å². The van der Waals surface area contributed by atoms with E-state index in [0.29, 0.717) is 10.6 Å². The van der Waals surface area contributed by atoms with E-state index in [1.807, 2.05) is 25.1 Å². The Hall–Kier alpha value is -2.93. The minimum atomic E-state index is -0.466. The van der Waals surface area contributed by atoms with E-state index in [2.05, 4.69) is 10.3 Å². The molecule has 0 bridgehead atoms. The van der Waals surface area contributed by atoms with Crippen LogP contribution in [0.1, 0.15) is 11.1 Å². The van der Waals surface area contributed by atoms with Crippen LogP contribution in [0.25, 0.3) is 6.08 Å². The molecule has 2 aromatic rings. The summed E-state index contributed by atoms with van der Waals surface area (Å²) in [6.45, 7) is 1.60. The highest BCUT2D eigenvalue weighted by molar-refractivity contribution is 8.18. The number of carbonyl (C=O) groups excluding carboxylic acids is 3. The first-order valence-electron chi connectivity index (χ1n) is 7.55. The van der Waals surface area contributed by atoms with E-state index in [-0.39, 0.29) is 6.54 Å². The lowest BCUT2D eigenvalue weighted by atomic mass is 10.2. The molecular formula is C18H15N3O3S. The molecule has 126 valence electrons. The Labute approximate surface area is 148 Å². The van der Waals surface area contributed by atoms with Crippen LogP contribution in [0.3, 0.4) is 0 Å². The molecule has 1 N–H and O–H groups in total. The number of carbonyl (C=O) groups is 3. The van der Waals surface area contributed by atoms with Gasteiger partial charge in [-0.15, -0.1) is 0 Å². The number of thioether (sulfide) groups is 1. The second-order valence-electron chi connectivity index (χ2n) is 5.47. The fourth-order valence-corrected chi connectivity index (χ4v) is 3.15. The monoisotopic (exact) mass is 353 g/mol. The first kappa shape index (κ1) is 16.9. The van der Waals surface area contributed by atoms with Crippen molar-refractivity contribution in [3.05, 3.63) is 64.8 Å². The number of amides is 3. The largest absolute Gasteiger partial charge is 0.325 e. The van der Waals surface area contributed by atoms with Gasteiger partial charge in [0, 0.05) is 18.1 Å². The predicted octanol–water partition coefficient (Wildman–Crippen LogP) is 3.07. The van der Waals surface area contributed by atoms with Gasteiger partial charge >= 0.3 is 0 Å². The topological polar surface area (TPSA) is 79.4 Å². The second-order valence-corrected chi connectivity index (χ2v) is 6.46. The number of hydrogen-bond donors (Lipinski definition) is 1. The molecule has 1 aromatic carbocycles. The molecule has 3 amide bonds. The normalized spacial score (nSPS) is 15.7. The maximum Gasteiger partial charge on any atom is 0.294 e. The summed E-state index contributed by atoms with van der Waals surface area (Å²) >= 11 is 0.825. The van der Waals surface area contributed by atoms with Crippen LogP contribution in [-0.2, 0) is 9.59 Å². The number of pyridine rings is 1. The van der Waals surface area contributed by atoms with E-state index in [9.17, 15) is 14.4 Å². The van der Waals surface area contributed by atoms with Crippen molar-refractivity contribution < 1.29 is 14.4 Å². The Kier molecular flexibility index (Phi) is 4.95. The Balaban J connectivity index is 1.68. The summed E-state index contributed by atoms with van der Waals surface area (Å²) < 4.78 is 0. The molecular weight excluding hydrogens is 338 g/mol. The summed E-state index contributed by atoms with van der Waals surface area (Å²) in [6.07, 6.45) is 4.82. The van der Waals surface area contributed by atoms with Crippen LogP contribution in [0.4, 0.5) is 10.5 Å². The Morgan fingerprint density at radius 1 is 1.24 bits per heavy atom. The molecule has 7 heteroatoms. The van der Waals surface area contributed by atoms with Crippen molar-refractivity contribution >= 4 is 40.6 Å². The number of nitrogens with one attached hydrogen (secondary N) is 1. The van der Waals surface area contributed by atoms with Crippen molar-refractivity contribution in [1.82, 2.24) is 9.88 Å². The van der Waals surface area contributed by atoms with Gasteiger partial charge in [-0.25, -0.2) is 0 Å². The van der Waals surface area contributed by atoms with Crippen molar-refractivity contribution in [3.63, 3.8) is 0 Å². The van der Waals surface area contributed by atoms with Crippen LogP contribution < -0.4 is 5.32 Å². The highest BCUT2D eigenvalue weighted by Crippen LogP contribution is 2.31. The zero-order valence-electron chi connectivity index (χ0n) is 13.4. The smallest absolute Gasteiger partial charge is 0.294 e. The number of aromatic nitrogens is 1. The van der Waals surface area contributed by atoms with Gasteiger partial charge in [-0.2, -0.15) is 0 Å². The second kappa shape index (κ2) is 7.31. The molecule has 0 spiro atoms. The molecule has 1 aromatic heterocycles.